The number of aliphatic hydroxyl groups is 1. The Morgan fingerprint density at radius 3 is 2.57 bits per heavy atom. The number of anilines is 1. The lowest BCUT2D eigenvalue weighted by atomic mass is 10.0. The first-order valence-corrected chi connectivity index (χ1v) is 6.64. The van der Waals surface area contributed by atoms with Gasteiger partial charge in [-0.3, -0.25) is 0 Å². The molecule has 0 aromatic heterocycles. The Labute approximate surface area is 119 Å². The number of aliphatic hydroxyl groups excluding tert-OH is 1. The van der Waals surface area contributed by atoms with Crippen LogP contribution in [0.15, 0.2) is 18.2 Å². The van der Waals surface area contributed by atoms with E-state index in [-0.39, 0.29) is 17.7 Å². The first kappa shape index (κ1) is 15.6. The molecule has 0 spiro atoms. The number of halogens is 3. The van der Waals surface area contributed by atoms with Gasteiger partial charge in [0.2, 0.25) is 0 Å². The molecule has 0 radical (unpaired) electrons. The summed E-state index contributed by atoms with van der Waals surface area (Å²) in [6, 6.07) is 3.09. The lowest BCUT2D eigenvalue weighted by molar-refractivity contribution is -0.138. The molecule has 3 N–H and O–H groups in total. The number of hydrogen-bond acceptors (Lipinski definition) is 3. The molecule has 1 aliphatic rings. The van der Waals surface area contributed by atoms with Gasteiger partial charge in [-0.25, -0.2) is 4.79 Å². The van der Waals surface area contributed by atoms with Gasteiger partial charge in [-0.2, -0.15) is 13.2 Å². The van der Waals surface area contributed by atoms with Gasteiger partial charge in [-0.05, 0) is 43.4 Å². The van der Waals surface area contributed by atoms with E-state index in [1.807, 2.05) is 0 Å². The molecule has 1 fully saturated rings. The highest BCUT2D eigenvalue weighted by Crippen LogP contribution is 2.34. The van der Waals surface area contributed by atoms with E-state index in [1.54, 1.807) is 0 Å². The van der Waals surface area contributed by atoms with E-state index in [0.29, 0.717) is 19.4 Å². The zero-order chi connectivity index (χ0) is 15.6. The summed E-state index contributed by atoms with van der Waals surface area (Å²) >= 11 is 0. The second-order valence-corrected chi connectivity index (χ2v) is 5.28. The van der Waals surface area contributed by atoms with Crippen molar-refractivity contribution in [1.82, 2.24) is 0 Å². The van der Waals surface area contributed by atoms with Crippen LogP contribution in [-0.4, -0.2) is 28.8 Å². The summed E-state index contributed by atoms with van der Waals surface area (Å²) in [5.74, 6) is -1.39. The Morgan fingerprint density at radius 2 is 2.05 bits per heavy atom. The highest BCUT2D eigenvalue weighted by molar-refractivity contribution is 5.90. The fourth-order valence-corrected chi connectivity index (χ4v) is 2.57. The van der Waals surface area contributed by atoms with Crippen molar-refractivity contribution in [3.05, 3.63) is 29.3 Å². The molecule has 0 saturated heterocycles. The number of hydrogen-bond donors (Lipinski definition) is 3. The Bertz CT molecular complexity index is 531. The SMILES string of the molecule is O=C(O)c1ccc(NCC2CCC(O)C2)cc1C(F)(F)F. The van der Waals surface area contributed by atoms with Crippen molar-refractivity contribution in [3.8, 4) is 0 Å². The maximum Gasteiger partial charge on any atom is 0.417 e. The molecule has 2 atom stereocenters. The second-order valence-electron chi connectivity index (χ2n) is 5.28. The maximum atomic E-state index is 12.9. The molecule has 1 aromatic carbocycles. The third-order valence-corrected chi connectivity index (χ3v) is 3.66. The van der Waals surface area contributed by atoms with Crippen molar-refractivity contribution in [2.45, 2.75) is 31.5 Å². The molecule has 1 aliphatic carbocycles. The molecular weight excluding hydrogens is 287 g/mol. The van der Waals surface area contributed by atoms with Crippen LogP contribution in [0, 0.1) is 5.92 Å². The van der Waals surface area contributed by atoms with Crippen molar-refractivity contribution in [2.75, 3.05) is 11.9 Å². The zero-order valence-electron chi connectivity index (χ0n) is 11.2. The number of nitrogens with one attached hydrogen (secondary N) is 1. The molecule has 1 aromatic rings. The number of aromatic carboxylic acids is 1. The molecule has 0 heterocycles. The minimum absolute atomic E-state index is 0.216. The number of carboxylic acids is 1. The van der Waals surface area contributed by atoms with E-state index in [0.717, 1.165) is 18.6 Å². The third kappa shape index (κ3) is 3.87. The Kier molecular flexibility index (Phi) is 4.41. The molecule has 21 heavy (non-hydrogen) atoms. The monoisotopic (exact) mass is 303 g/mol. The Morgan fingerprint density at radius 1 is 1.33 bits per heavy atom. The number of carboxylic acid groups (broad SMARTS) is 1. The van der Waals surface area contributed by atoms with Gasteiger partial charge in [0.1, 0.15) is 0 Å². The molecular formula is C14H16F3NO3. The maximum absolute atomic E-state index is 12.9. The number of carbonyl (C=O) groups is 1. The van der Waals surface area contributed by atoms with E-state index in [1.165, 1.54) is 6.07 Å². The first-order chi connectivity index (χ1) is 9.77. The summed E-state index contributed by atoms with van der Waals surface area (Å²) in [5, 5.41) is 21.1. The van der Waals surface area contributed by atoms with Crippen LogP contribution in [0.25, 0.3) is 0 Å². The minimum Gasteiger partial charge on any atom is -0.478 e. The number of rotatable bonds is 4. The predicted molar refractivity (Wildman–Crippen MR) is 70.2 cm³/mol. The summed E-state index contributed by atoms with van der Waals surface area (Å²) in [7, 11) is 0. The molecule has 116 valence electrons. The van der Waals surface area contributed by atoms with Crippen LogP contribution in [0.1, 0.15) is 35.2 Å². The molecule has 0 amide bonds. The van der Waals surface area contributed by atoms with E-state index >= 15 is 0 Å². The highest BCUT2D eigenvalue weighted by Gasteiger charge is 2.35. The third-order valence-electron chi connectivity index (χ3n) is 3.66. The largest absolute Gasteiger partial charge is 0.478 e. The van der Waals surface area contributed by atoms with Gasteiger partial charge in [0.05, 0.1) is 17.2 Å². The van der Waals surface area contributed by atoms with Gasteiger partial charge in [-0.1, -0.05) is 0 Å². The van der Waals surface area contributed by atoms with Crippen molar-refractivity contribution < 1.29 is 28.2 Å². The van der Waals surface area contributed by atoms with Crippen molar-refractivity contribution in [3.63, 3.8) is 0 Å². The van der Waals surface area contributed by atoms with Crippen LogP contribution in [0.5, 0.6) is 0 Å². The fraction of sp³-hybridized carbons (Fsp3) is 0.500. The highest BCUT2D eigenvalue weighted by atomic mass is 19.4. The van der Waals surface area contributed by atoms with Crippen LogP contribution in [0.4, 0.5) is 18.9 Å². The second kappa shape index (κ2) is 5.93. The van der Waals surface area contributed by atoms with Gasteiger partial charge in [0, 0.05) is 12.2 Å². The van der Waals surface area contributed by atoms with Crippen molar-refractivity contribution in [2.24, 2.45) is 5.92 Å². The van der Waals surface area contributed by atoms with Crippen LogP contribution in [0.2, 0.25) is 0 Å². The number of benzene rings is 1. The quantitative estimate of drug-likeness (QED) is 0.800. The van der Waals surface area contributed by atoms with Crippen molar-refractivity contribution >= 4 is 11.7 Å². The average Bonchev–Trinajstić information content (AvgIpc) is 2.81. The molecule has 0 aliphatic heterocycles. The summed E-state index contributed by atoms with van der Waals surface area (Å²) in [6.45, 7) is 0.459. The molecule has 0 bridgehead atoms. The normalized spacial score (nSPS) is 22.3. The summed E-state index contributed by atoms with van der Waals surface area (Å²) in [5.41, 5.74) is -1.69. The summed E-state index contributed by atoms with van der Waals surface area (Å²) in [6.07, 6.45) is -2.88. The standard InChI is InChI=1S/C14H16F3NO3/c15-14(16,17)12-6-9(2-4-11(12)13(20)21)18-7-8-1-3-10(19)5-8/h2,4,6,8,10,18-19H,1,3,5,7H2,(H,20,21). The van der Waals surface area contributed by atoms with E-state index in [2.05, 4.69) is 5.32 Å². The Hall–Kier alpha value is -1.76. The molecule has 1 saturated carbocycles. The van der Waals surface area contributed by atoms with E-state index in [4.69, 9.17) is 5.11 Å². The minimum atomic E-state index is -4.71. The zero-order valence-corrected chi connectivity index (χ0v) is 11.2. The molecule has 2 unspecified atom stereocenters. The van der Waals surface area contributed by atoms with Gasteiger partial charge in [0.25, 0.3) is 0 Å². The predicted octanol–water partition coefficient (Wildman–Crippen LogP) is 2.98. The number of alkyl halides is 3. The summed E-state index contributed by atoms with van der Waals surface area (Å²) in [4.78, 5) is 10.8. The van der Waals surface area contributed by atoms with Gasteiger partial charge >= 0.3 is 12.1 Å². The fourth-order valence-electron chi connectivity index (χ4n) is 2.57. The van der Waals surface area contributed by atoms with Gasteiger partial charge < -0.3 is 15.5 Å². The lowest BCUT2D eigenvalue weighted by Crippen LogP contribution is -2.16. The van der Waals surface area contributed by atoms with Crippen LogP contribution in [0.3, 0.4) is 0 Å². The first-order valence-electron chi connectivity index (χ1n) is 6.64. The summed E-state index contributed by atoms with van der Waals surface area (Å²) < 4.78 is 38.6. The molecule has 7 heteroatoms. The smallest absolute Gasteiger partial charge is 0.417 e. The van der Waals surface area contributed by atoms with E-state index in [9.17, 15) is 23.1 Å². The van der Waals surface area contributed by atoms with E-state index < -0.39 is 23.3 Å². The average molecular weight is 303 g/mol. The van der Waals surface area contributed by atoms with Crippen molar-refractivity contribution in [1.29, 1.82) is 0 Å². The lowest BCUT2D eigenvalue weighted by Gasteiger charge is -2.15. The van der Waals surface area contributed by atoms with Gasteiger partial charge in [0.15, 0.2) is 0 Å². The van der Waals surface area contributed by atoms with Crippen LogP contribution in [-0.2, 0) is 6.18 Å². The van der Waals surface area contributed by atoms with Crippen LogP contribution < -0.4 is 5.32 Å². The van der Waals surface area contributed by atoms with Gasteiger partial charge in [-0.15, -0.1) is 0 Å². The Balaban J connectivity index is 2.12. The topological polar surface area (TPSA) is 69.6 Å². The van der Waals surface area contributed by atoms with Crippen LogP contribution >= 0.6 is 0 Å². The molecule has 2 rings (SSSR count). The molecule has 4 nitrogen and oxygen atoms in total.